The Hall–Kier alpha value is -2.91. The minimum atomic E-state index is -4.65. The molecule has 0 radical (unpaired) electrons. The van der Waals surface area contributed by atoms with Gasteiger partial charge in [-0.25, -0.2) is 0 Å². The summed E-state index contributed by atoms with van der Waals surface area (Å²) in [6.07, 6.45) is -3.27. The Morgan fingerprint density at radius 2 is 1.83 bits per heavy atom. The van der Waals surface area contributed by atoms with Crippen LogP contribution in [0.4, 0.5) is 24.5 Å². The zero-order chi connectivity index (χ0) is 21.7. The van der Waals surface area contributed by atoms with E-state index in [0.29, 0.717) is 10.6 Å². The summed E-state index contributed by atoms with van der Waals surface area (Å²) >= 11 is 6.74. The van der Waals surface area contributed by atoms with E-state index in [1.807, 2.05) is 0 Å². The van der Waals surface area contributed by atoms with E-state index >= 15 is 0 Å². The van der Waals surface area contributed by atoms with E-state index in [-0.39, 0.29) is 22.2 Å². The van der Waals surface area contributed by atoms with Crippen LogP contribution < -0.4 is 10.6 Å². The van der Waals surface area contributed by atoms with Crippen molar-refractivity contribution in [3.8, 4) is 0 Å². The normalized spacial score (nSPS) is 11.2. The Kier molecular flexibility index (Phi) is 6.73. The third-order valence-corrected chi connectivity index (χ3v) is 5.00. The van der Waals surface area contributed by atoms with Crippen molar-refractivity contribution in [3.63, 3.8) is 0 Å². The van der Waals surface area contributed by atoms with Crippen LogP contribution in [0.1, 0.15) is 16.1 Å². The van der Waals surface area contributed by atoms with E-state index in [4.69, 9.17) is 16.0 Å². The van der Waals surface area contributed by atoms with E-state index in [2.05, 4.69) is 10.6 Å². The summed E-state index contributed by atoms with van der Waals surface area (Å²) in [6.45, 7) is 0. The lowest BCUT2D eigenvalue weighted by Crippen LogP contribution is -2.18. The second-order valence-electron chi connectivity index (χ2n) is 5.98. The number of hydrogen-bond acceptors (Lipinski definition) is 4. The molecule has 2 N–H and O–H groups in total. The minimum absolute atomic E-state index is 0.0805. The smallest absolute Gasteiger partial charge is 0.418 e. The molecule has 2 aromatic carbocycles. The number of halogens is 4. The van der Waals surface area contributed by atoms with Crippen molar-refractivity contribution in [2.75, 3.05) is 16.4 Å². The SMILES string of the molecule is O=C(CSc1cccc(NC(=O)c2ccco2)c1)Nc1ccc(Cl)cc1C(F)(F)F. The molecule has 156 valence electrons. The first-order valence-electron chi connectivity index (χ1n) is 8.47. The molecule has 2 amide bonds. The minimum Gasteiger partial charge on any atom is -0.459 e. The van der Waals surface area contributed by atoms with E-state index in [1.54, 1.807) is 30.3 Å². The maximum Gasteiger partial charge on any atom is 0.418 e. The molecule has 30 heavy (non-hydrogen) atoms. The molecule has 5 nitrogen and oxygen atoms in total. The van der Waals surface area contributed by atoms with Crippen molar-refractivity contribution < 1.29 is 27.2 Å². The van der Waals surface area contributed by atoms with Crippen molar-refractivity contribution in [2.24, 2.45) is 0 Å². The van der Waals surface area contributed by atoms with Crippen LogP contribution in [0, 0.1) is 0 Å². The topological polar surface area (TPSA) is 71.3 Å². The molecular weight excluding hydrogens is 441 g/mol. The van der Waals surface area contributed by atoms with Crippen LogP contribution in [-0.4, -0.2) is 17.6 Å². The Labute approximate surface area is 178 Å². The van der Waals surface area contributed by atoms with E-state index in [0.717, 1.165) is 23.9 Å². The maximum atomic E-state index is 13.1. The highest BCUT2D eigenvalue weighted by Crippen LogP contribution is 2.36. The van der Waals surface area contributed by atoms with Crippen molar-refractivity contribution in [1.29, 1.82) is 0 Å². The second-order valence-corrected chi connectivity index (χ2v) is 7.47. The van der Waals surface area contributed by atoms with Gasteiger partial charge in [0.05, 0.1) is 23.3 Å². The Morgan fingerprint density at radius 3 is 2.53 bits per heavy atom. The molecule has 3 aromatic rings. The summed E-state index contributed by atoms with van der Waals surface area (Å²) in [5, 5.41) is 4.84. The summed E-state index contributed by atoms with van der Waals surface area (Å²) < 4.78 is 44.4. The molecule has 0 unspecified atom stereocenters. The maximum absolute atomic E-state index is 13.1. The Morgan fingerprint density at radius 1 is 1.03 bits per heavy atom. The zero-order valence-electron chi connectivity index (χ0n) is 15.1. The predicted octanol–water partition coefficient (Wildman–Crippen LogP) is 5.93. The predicted molar refractivity (Wildman–Crippen MR) is 109 cm³/mol. The highest BCUT2D eigenvalue weighted by molar-refractivity contribution is 8.00. The summed E-state index contributed by atoms with van der Waals surface area (Å²) in [5.41, 5.74) is -0.896. The molecule has 0 fully saturated rings. The summed E-state index contributed by atoms with van der Waals surface area (Å²) in [7, 11) is 0. The number of furan rings is 1. The number of amides is 2. The van der Waals surface area contributed by atoms with Crippen LogP contribution in [0.15, 0.2) is 70.2 Å². The van der Waals surface area contributed by atoms with Gasteiger partial charge in [0.25, 0.3) is 5.91 Å². The molecule has 0 bridgehead atoms. The average Bonchev–Trinajstić information content (AvgIpc) is 3.22. The van der Waals surface area contributed by atoms with Gasteiger partial charge in [0.2, 0.25) is 5.91 Å². The molecule has 10 heteroatoms. The Bertz CT molecular complexity index is 1060. The summed E-state index contributed by atoms with van der Waals surface area (Å²) in [5.74, 6) is -1.02. The van der Waals surface area contributed by atoms with Crippen LogP contribution >= 0.6 is 23.4 Å². The fourth-order valence-corrected chi connectivity index (χ4v) is 3.39. The number of carbonyl (C=O) groups excluding carboxylic acids is 2. The van der Waals surface area contributed by atoms with Gasteiger partial charge in [-0.1, -0.05) is 17.7 Å². The van der Waals surface area contributed by atoms with Gasteiger partial charge >= 0.3 is 6.18 Å². The number of thioether (sulfide) groups is 1. The van der Waals surface area contributed by atoms with Gasteiger partial charge in [-0.15, -0.1) is 11.8 Å². The summed E-state index contributed by atoms with van der Waals surface area (Å²) in [6, 6.07) is 12.9. The number of anilines is 2. The molecule has 0 saturated heterocycles. The van der Waals surface area contributed by atoms with Gasteiger partial charge in [-0.2, -0.15) is 13.2 Å². The van der Waals surface area contributed by atoms with Crippen molar-refractivity contribution in [3.05, 3.63) is 77.2 Å². The van der Waals surface area contributed by atoms with Crippen LogP contribution in [0.3, 0.4) is 0 Å². The fourth-order valence-electron chi connectivity index (χ4n) is 2.46. The molecule has 0 aliphatic heterocycles. The number of nitrogens with one attached hydrogen (secondary N) is 2. The summed E-state index contributed by atoms with van der Waals surface area (Å²) in [4.78, 5) is 24.8. The molecule has 0 aliphatic rings. The highest BCUT2D eigenvalue weighted by atomic mass is 35.5. The molecule has 0 aliphatic carbocycles. The van der Waals surface area contributed by atoms with Gasteiger partial charge in [0, 0.05) is 15.6 Å². The zero-order valence-corrected chi connectivity index (χ0v) is 16.7. The van der Waals surface area contributed by atoms with Crippen LogP contribution in [0.5, 0.6) is 0 Å². The number of carbonyl (C=O) groups is 2. The van der Waals surface area contributed by atoms with Crippen molar-refractivity contribution in [1.82, 2.24) is 0 Å². The monoisotopic (exact) mass is 454 g/mol. The van der Waals surface area contributed by atoms with Crippen LogP contribution in [-0.2, 0) is 11.0 Å². The van der Waals surface area contributed by atoms with Gasteiger partial charge in [-0.05, 0) is 48.5 Å². The van der Waals surface area contributed by atoms with E-state index < -0.39 is 23.6 Å². The lowest BCUT2D eigenvalue weighted by Gasteiger charge is -2.14. The van der Waals surface area contributed by atoms with Gasteiger partial charge < -0.3 is 15.1 Å². The molecule has 3 rings (SSSR count). The average molecular weight is 455 g/mol. The lowest BCUT2D eigenvalue weighted by atomic mass is 10.1. The first-order chi connectivity index (χ1) is 14.2. The Balaban J connectivity index is 1.61. The number of rotatable bonds is 6. The second kappa shape index (κ2) is 9.27. The molecule has 0 spiro atoms. The van der Waals surface area contributed by atoms with Crippen molar-refractivity contribution >= 4 is 46.6 Å². The molecule has 0 atom stereocenters. The van der Waals surface area contributed by atoms with Crippen LogP contribution in [0.25, 0.3) is 0 Å². The van der Waals surface area contributed by atoms with E-state index in [9.17, 15) is 22.8 Å². The van der Waals surface area contributed by atoms with Gasteiger partial charge in [0.1, 0.15) is 0 Å². The highest BCUT2D eigenvalue weighted by Gasteiger charge is 2.34. The molecule has 1 heterocycles. The fraction of sp³-hybridized carbons (Fsp3) is 0.100. The number of alkyl halides is 3. The van der Waals surface area contributed by atoms with Crippen molar-refractivity contribution in [2.45, 2.75) is 11.1 Å². The number of benzene rings is 2. The molecule has 1 aromatic heterocycles. The quantitative estimate of drug-likeness (QED) is 0.452. The first kappa shape index (κ1) is 21.8. The third kappa shape index (κ3) is 5.80. The molecular formula is C20H14ClF3N2O3S. The van der Waals surface area contributed by atoms with Gasteiger partial charge in [-0.3, -0.25) is 9.59 Å². The van der Waals surface area contributed by atoms with Crippen LogP contribution in [0.2, 0.25) is 5.02 Å². The lowest BCUT2D eigenvalue weighted by molar-refractivity contribution is -0.137. The third-order valence-electron chi connectivity index (χ3n) is 3.77. The number of hydrogen-bond donors (Lipinski definition) is 2. The van der Waals surface area contributed by atoms with E-state index in [1.165, 1.54) is 18.4 Å². The largest absolute Gasteiger partial charge is 0.459 e. The molecule has 0 saturated carbocycles. The standard InChI is InChI=1S/C20H14ClF3N2O3S/c21-12-6-7-16(15(9-12)20(22,23)24)26-18(27)11-30-14-4-1-3-13(10-14)25-19(28)17-5-2-8-29-17/h1-10H,11H2,(H,25,28)(H,26,27). The van der Waals surface area contributed by atoms with Gasteiger partial charge in [0.15, 0.2) is 5.76 Å². The first-order valence-corrected chi connectivity index (χ1v) is 9.83.